The number of allylic oxidation sites excluding steroid dienone is 2. The van der Waals surface area contributed by atoms with Crippen LogP contribution < -0.4 is 34.2 Å². The maximum atomic E-state index is 10.6. The van der Waals surface area contributed by atoms with E-state index in [4.69, 9.17) is 44.4 Å². The van der Waals surface area contributed by atoms with Gasteiger partial charge in [-0.3, -0.25) is 19.4 Å². The predicted octanol–water partition coefficient (Wildman–Crippen LogP) is 7.08. The molecule has 0 spiro atoms. The first-order valence-electron chi connectivity index (χ1n) is 22.5. The quantitative estimate of drug-likeness (QED) is 0.0496. The summed E-state index contributed by atoms with van der Waals surface area (Å²) in [7, 11) is 10.2. The Balaban J connectivity index is 0.000000256. The van der Waals surface area contributed by atoms with Crippen molar-refractivity contribution >= 4 is 24.1 Å². The number of aliphatic hydroxyl groups excluding tert-OH is 2. The van der Waals surface area contributed by atoms with Gasteiger partial charge in [0.05, 0.1) is 48.1 Å². The fourth-order valence-corrected chi connectivity index (χ4v) is 8.21. The van der Waals surface area contributed by atoms with E-state index >= 15 is 0 Å². The van der Waals surface area contributed by atoms with E-state index in [9.17, 15) is 30.0 Å². The number of carbonyl (C=O) groups is 2. The van der Waals surface area contributed by atoms with Crippen LogP contribution in [-0.2, 0) is 22.7 Å². The molecule has 17 heteroatoms. The summed E-state index contributed by atoms with van der Waals surface area (Å²) >= 11 is 0. The van der Waals surface area contributed by atoms with Gasteiger partial charge in [-0.05, 0) is 98.7 Å². The summed E-state index contributed by atoms with van der Waals surface area (Å²) in [6.45, 7) is 10.3. The molecule has 6 rings (SSSR count). The maximum Gasteiger partial charge on any atom is 0.321 e. The zero-order valence-corrected chi connectivity index (χ0v) is 41.2. The molecule has 0 saturated heterocycles. The molecular formula is C52H69N3O14. The van der Waals surface area contributed by atoms with E-state index in [1.54, 1.807) is 28.4 Å². The number of phenols is 2. The molecule has 0 saturated carbocycles. The van der Waals surface area contributed by atoms with Crippen LogP contribution >= 0.6 is 0 Å². The lowest BCUT2D eigenvalue weighted by molar-refractivity contribution is -0.144. The third kappa shape index (κ3) is 13.8. The van der Waals surface area contributed by atoms with E-state index in [2.05, 4.69) is 26.0 Å². The number of aliphatic hydroxyl groups is 2. The van der Waals surface area contributed by atoms with Gasteiger partial charge in [0.2, 0.25) is 0 Å². The van der Waals surface area contributed by atoms with Crippen LogP contribution in [0.3, 0.4) is 0 Å². The standard InChI is InChI=1S/2C24H31NO5.C4H7NO4/c2*1-6-7-16-10-19-15(2)23(30-24(19)21(11-16)29-5)17-12-18(14-25(3)8-9-26)22(27)20(13-17)28-4;5-2(4(8)9)1-3(6)7/h2*6-7,10-13,15,23,26-27H,8-9,14H2,1-5H3;2H,1,5H2,(H,6,7)(H,8,9)/t2*15-,23-;2-/m110/s1. The number of carboxylic acid groups (broad SMARTS) is 2. The van der Waals surface area contributed by atoms with Gasteiger partial charge in [-0.15, -0.1) is 0 Å². The highest BCUT2D eigenvalue weighted by Crippen LogP contribution is 2.53. The largest absolute Gasteiger partial charge is 0.504 e. The second kappa shape index (κ2) is 25.7. The number of fused-ring (bicyclic) bond motifs is 2. The molecule has 8 N–H and O–H groups in total. The summed E-state index contributed by atoms with van der Waals surface area (Å²) < 4.78 is 34.8. The van der Waals surface area contributed by atoms with E-state index in [0.717, 1.165) is 56.0 Å². The molecule has 0 radical (unpaired) electrons. The van der Waals surface area contributed by atoms with Crippen molar-refractivity contribution < 1.29 is 68.6 Å². The number of nitrogens with zero attached hydrogens (tertiary/aromatic N) is 2. The molecule has 376 valence electrons. The fraction of sp³-hybridized carbons (Fsp3) is 0.423. The maximum absolute atomic E-state index is 10.6. The molecule has 0 aliphatic carbocycles. The SMILES string of the molecule is CC=Cc1cc(OC)c2c(c1)[C@@H](C)[C@H](c1cc(CN(C)CCO)c(O)c(OC)c1)O2.CC=Cc1cc(OC)c2c(c1)[C@@H](C)[C@H](c1cc(CN(C)CCO)c(O)c(OC)c1)O2.N[C@@H](CC(=O)O)C(=O)O. The van der Waals surface area contributed by atoms with E-state index in [1.807, 2.05) is 98.4 Å². The van der Waals surface area contributed by atoms with Crippen molar-refractivity contribution in [1.82, 2.24) is 9.80 Å². The molecule has 4 aromatic rings. The second-order valence-electron chi connectivity index (χ2n) is 16.9. The Labute approximate surface area is 404 Å². The molecule has 2 heterocycles. The van der Waals surface area contributed by atoms with Crippen LogP contribution in [0.15, 0.2) is 60.7 Å². The van der Waals surface area contributed by atoms with E-state index in [1.165, 1.54) is 0 Å². The number of benzene rings is 4. The molecule has 4 aromatic carbocycles. The van der Waals surface area contributed by atoms with Gasteiger partial charge in [0.15, 0.2) is 46.0 Å². The number of hydrogen-bond acceptors (Lipinski definition) is 15. The normalized spacial score (nSPS) is 17.3. The highest BCUT2D eigenvalue weighted by atomic mass is 16.5. The molecule has 0 bridgehead atoms. The molecule has 0 fully saturated rings. The molecule has 2 aliphatic heterocycles. The van der Waals surface area contributed by atoms with Gasteiger partial charge >= 0.3 is 11.9 Å². The molecule has 0 aromatic heterocycles. The van der Waals surface area contributed by atoms with Crippen LogP contribution in [0.4, 0.5) is 0 Å². The number of methoxy groups -OCH3 is 4. The number of hydrogen-bond donors (Lipinski definition) is 7. The number of carboxylic acids is 2. The van der Waals surface area contributed by atoms with Crippen molar-refractivity contribution in [3.05, 3.63) is 105 Å². The third-order valence-corrected chi connectivity index (χ3v) is 11.8. The summed E-state index contributed by atoms with van der Waals surface area (Å²) in [4.78, 5) is 23.5. The summed E-state index contributed by atoms with van der Waals surface area (Å²) in [5.74, 6) is 1.68. The molecular weight excluding hydrogens is 891 g/mol. The predicted molar refractivity (Wildman–Crippen MR) is 263 cm³/mol. The lowest BCUT2D eigenvalue weighted by Crippen LogP contribution is -2.32. The smallest absolute Gasteiger partial charge is 0.321 e. The Morgan fingerprint density at radius 1 is 0.652 bits per heavy atom. The van der Waals surface area contributed by atoms with Crippen molar-refractivity contribution in [2.75, 3.05) is 68.8 Å². The topological polar surface area (TPSA) is 243 Å². The van der Waals surface area contributed by atoms with Gasteiger partial charge < -0.3 is 64.8 Å². The molecule has 0 amide bonds. The number of aromatic hydroxyl groups is 2. The number of aliphatic carboxylic acids is 2. The minimum atomic E-state index is -1.29. The number of rotatable bonds is 19. The minimum absolute atomic E-state index is 0.0561. The van der Waals surface area contributed by atoms with Crippen LogP contribution in [0.5, 0.6) is 46.0 Å². The number of likely N-dealkylation sites (N-methyl/N-ethyl adjacent to an activating group) is 2. The molecule has 69 heavy (non-hydrogen) atoms. The highest BCUT2D eigenvalue weighted by Gasteiger charge is 2.37. The van der Waals surface area contributed by atoms with Crippen LogP contribution in [0.1, 0.15) is 103 Å². The molecule has 17 nitrogen and oxygen atoms in total. The van der Waals surface area contributed by atoms with Gasteiger partial charge in [0.1, 0.15) is 18.2 Å². The summed E-state index contributed by atoms with van der Waals surface area (Å²) in [6, 6.07) is 14.5. The lowest BCUT2D eigenvalue weighted by Gasteiger charge is -2.21. The number of phenolic OH excluding ortho intramolecular Hbond substituents is 2. The van der Waals surface area contributed by atoms with Crippen molar-refractivity contribution in [1.29, 1.82) is 0 Å². The molecule has 2 aliphatic rings. The second-order valence-corrected chi connectivity index (χ2v) is 16.9. The van der Waals surface area contributed by atoms with Gasteiger partial charge in [0, 0.05) is 60.3 Å². The fourth-order valence-electron chi connectivity index (χ4n) is 8.21. The third-order valence-electron chi connectivity index (χ3n) is 11.8. The van der Waals surface area contributed by atoms with Crippen LogP contribution in [0.2, 0.25) is 0 Å². The molecule has 0 unspecified atom stereocenters. The van der Waals surface area contributed by atoms with Crippen molar-refractivity contribution in [2.24, 2.45) is 5.73 Å². The van der Waals surface area contributed by atoms with Gasteiger partial charge in [-0.2, -0.15) is 0 Å². The van der Waals surface area contributed by atoms with Crippen LogP contribution in [0, 0.1) is 0 Å². The summed E-state index contributed by atoms with van der Waals surface area (Å²) in [5, 5.41) is 55.6. The zero-order valence-electron chi connectivity index (χ0n) is 41.2. The summed E-state index contributed by atoms with van der Waals surface area (Å²) in [6.07, 6.45) is 7.09. The van der Waals surface area contributed by atoms with E-state index in [-0.39, 0.29) is 48.8 Å². The first-order valence-corrected chi connectivity index (χ1v) is 22.5. The average Bonchev–Trinajstić information content (AvgIpc) is 3.83. The van der Waals surface area contributed by atoms with E-state index in [0.29, 0.717) is 49.2 Å². The summed E-state index contributed by atoms with van der Waals surface area (Å²) in [5.41, 5.74) is 12.5. The van der Waals surface area contributed by atoms with Crippen LogP contribution in [0.25, 0.3) is 12.2 Å². The van der Waals surface area contributed by atoms with Gasteiger partial charge in [0.25, 0.3) is 0 Å². The first-order chi connectivity index (χ1) is 32.9. The minimum Gasteiger partial charge on any atom is -0.504 e. The first kappa shape index (κ1) is 55.1. The zero-order chi connectivity index (χ0) is 51.1. The lowest BCUT2D eigenvalue weighted by atomic mass is 9.90. The Hall–Kier alpha value is -6.50. The van der Waals surface area contributed by atoms with Crippen LogP contribution in [-0.4, -0.2) is 127 Å². The van der Waals surface area contributed by atoms with Gasteiger partial charge in [-0.1, -0.05) is 38.2 Å². The van der Waals surface area contributed by atoms with Crippen molar-refractivity contribution in [3.63, 3.8) is 0 Å². The van der Waals surface area contributed by atoms with Crippen molar-refractivity contribution in [2.45, 2.75) is 77.3 Å². The Morgan fingerprint density at radius 3 is 1.32 bits per heavy atom. The van der Waals surface area contributed by atoms with Gasteiger partial charge in [-0.25, -0.2) is 0 Å². The number of ether oxygens (including phenoxy) is 6. The Morgan fingerprint density at radius 2 is 1.03 bits per heavy atom. The van der Waals surface area contributed by atoms with E-state index < -0.39 is 24.4 Å². The Bertz CT molecular complexity index is 2290. The molecule has 5 atom stereocenters. The van der Waals surface area contributed by atoms with Crippen molar-refractivity contribution in [3.8, 4) is 46.0 Å². The number of nitrogens with two attached hydrogens (primary N) is 1. The monoisotopic (exact) mass is 959 g/mol. The average molecular weight is 960 g/mol. The highest BCUT2D eigenvalue weighted by molar-refractivity contribution is 5.80. The Kier molecular flexibility index (Phi) is 20.6.